The normalized spacial score (nSPS) is 11.0. The molecule has 0 radical (unpaired) electrons. The number of nitrogens with zero attached hydrogens (tertiary/aromatic N) is 2. The molecule has 0 aliphatic heterocycles. The van der Waals surface area contributed by atoms with Crippen LogP contribution in [-0.2, 0) is 22.4 Å². The van der Waals surface area contributed by atoms with Gasteiger partial charge in [-0.1, -0.05) is 55.8 Å². The molecule has 2 heterocycles. The van der Waals surface area contributed by atoms with Crippen LogP contribution in [0.15, 0.2) is 91.3 Å². The highest BCUT2D eigenvalue weighted by atomic mass is 19.4. The Balaban J connectivity index is 0.000000566. The number of alkyl halides is 3. The van der Waals surface area contributed by atoms with Crippen LogP contribution in [0.5, 0.6) is 0 Å². The summed E-state index contributed by atoms with van der Waals surface area (Å²) < 4.78 is 31.7. The van der Waals surface area contributed by atoms with Crippen molar-refractivity contribution in [1.29, 1.82) is 0 Å². The Kier molecular flexibility index (Phi) is 10.0. The number of aryl methyl sites for hydroxylation is 2. The summed E-state index contributed by atoms with van der Waals surface area (Å²) in [5, 5.41) is 11.4. The number of rotatable bonds is 8. The maximum Gasteiger partial charge on any atom is 0.490 e. The number of hydrogen-bond acceptors (Lipinski definition) is 4. The van der Waals surface area contributed by atoms with Gasteiger partial charge in [0.05, 0.1) is 18.3 Å². The van der Waals surface area contributed by atoms with Gasteiger partial charge in [0.25, 0.3) is 0 Å². The first-order valence-corrected chi connectivity index (χ1v) is 14.0. The Morgan fingerprint density at radius 2 is 1.70 bits per heavy atom. The number of carbonyl (C=O) groups is 2. The Hall–Kier alpha value is -5.12. The van der Waals surface area contributed by atoms with Gasteiger partial charge in [0.2, 0.25) is 5.91 Å². The van der Waals surface area contributed by atoms with Gasteiger partial charge in [-0.2, -0.15) is 13.2 Å². The first-order valence-electron chi connectivity index (χ1n) is 14.0. The lowest BCUT2D eigenvalue weighted by Crippen LogP contribution is -2.21. The molecule has 2 aromatic heterocycles. The average molecular weight is 603 g/mol. The summed E-state index contributed by atoms with van der Waals surface area (Å²) in [6.45, 7) is 4.21. The number of carboxylic acids is 1. The SMILES string of the molecule is CCCc1ccc(-c2cc(NC(=O)Cc3c(C)[nH]c4ccccc34)ccc2N(C)c2cccnc2)cc1.O=C(O)C(F)(F)F. The molecule has 228 valence electrons. The minimum Gasteiger partial charge on any atom is -0.475 e. The van der Waals surface area contributed by atoms with Crippen molar-refractivity contribution >= 4 is 39.8 Å². The zero-order chi connectivity index (χ0) is 31.9. The zero-order valence-corrected chi connectivity index (χ0v) is 24.6. The summed E-state index contributed by atoms with van der Waals surface area (Å²) >= 11 is 0. The Morgan fingerprint density at radius 1 is 1.00 bits per heavy atom. The predicted octanol–water partition coefficient (Wildman–Crippen LogP) is 8.07. The molecular weight excluding hydrogens is 569 g/mol. The van der Waals surface area contributed by atoms with E-state index in [-0.39, 0.29) is 5.91 Å². The molecule has 0 fully saturated rings. The second-order valence-corrected chi connectivity index (χ2v) is 10.3. The van der Waals surface area contributed by atoms with Gasteiger partial charge in [-0.15, -0.1) is 0 Å². The molecule has 3 aromatic carbocycles. The van der Waals surface area contributed by atoms with Crippen molar-refractivity contribution in [3.8, 4) is 11.1 Å². The van der Waals surface area contributed by atoms with Crippen molar-refractivity contribution in [3.05, 3.63) is 108 Å². The van der Waals surface area contributed by atoms with E-state index in [4.69, 9.17) is 9.90 Å². The number of hydrogen-bond donors (Lipinski definition) is 3. The largest absolute Gasteiger partial charge is 0.490 e. The number of aliphatic carboxylic acids is 1. The summed E-state index contributed by atoms with van der Waals surface area (Å²) in [6, 6.07) is 26.9. The predicted molar refractivity (Wildman–Crippen MR) is 167 cm³/mol. The van der Waals surface area contributed by atoms with Crippen LogP contribution in [0, 0.1) is 6.92 Å². The van der Waals surface area contributed by atoms with E-state index in [0.717, 1.165) is 63.2 Å². The van der Waals surface area contributed by atoms with Gasteiger partial charge in [0.15, 0.2) is 0 Å². The van der Waals surface area contributed by atoms with E-state index in [2.05, 4.69) is 69.6 Å². The van der Waals surface area contributed by atoms with Gasteiger partial charge in [-0.05, 0) is 66.4 Å². The molecule has 0 spiro atoms. The number of halogens is 3. The Labute approximate surface area is 253 Å². The first-order chi connectivity index (χ1) is 21.0. The molecule has 1 amide bonds. The number of benzene rings is 3. The van der Waals surface area contributed by atoms with Gasteiger partial charge >= 0.3 is 12.1 Å². The molecule has 0 unspecified atom stereocenters. The molecule has 7 nitrogen and oxygen atoms in total. The molecule has 0 saturated carbocycles. The van der Waals surface area contributed by atoms with Crippen LogP contribution in [0.2, 0.25) is 0 Å². The van der Waals surface area contributed by atoms with E-state index in [1.54, 1.807) is 6.20 Å². The zero-order valence-electron chi connectivity index (χ0n) is 24.6. The van der Waals surface area contributed by atoms with Crippen LogP contribution in [-0.4, -0.2) is 40.2 Å². The number of pyridine rings is 1. The summed E-state index contributed by atoms with van der Waals surface area (Å²) in [4.78, 5) is 31.8. The third-order valence-electron chi connectivity index (χ3n) is 7.09. The number of aromatic amines is 1. The highest BCUT2D eigenvalue weighted by Crippen LogP contribution is 2.36. The van der Waals surface area contributed by atoms with Gasteiger partial charge in [0.1, 0.15) is 0 Å². The fourth-order valence-corrected chi connectivity index (χ4v) is 4.90. The van der Waals surface area contributed by atoms with Crippen molar-refractivity contribution in [3.63, 3.8) is 0 Å². The van der Waals surface area contributed by atoms with Gasteiger partial charge in [0, 0.05) is 46.8 Å². The number of para-hydroxylation sites is 1. The van der Waals surface area contributed by atoms with E-state index in [9.17, 15) is 18.0 Å². The van der Waals surface area contributed by atoms with Crippen molar-refractivity contribution in [1.82, 2.24) is 9.97 Å². The number of carbonyl (C=O) groups excluding carboxylic acids is 1. The number of H-pyrrole nitrogens is 1. The van der Waals surface area contributed by atoms with Crippen molar-refractivity contribution in [2.24, 2.45) is 0 Å². The minimum absolute atomic E-state index is 0.0366. The van der Waals surface area contributed by atoms with Crippen LogP contribution >= 0.6 is 0 Å². The molecule has 3 N–H and O–H groups in total. The number of fused-ring (bicyclic) bond motifs is 1. The van der Waals surface area contributed by atoms with E-state index >= 15 is 0 Å². The third-order valence-corrected chi connectivity index (χ3v) is 7.09. The summed E-state index contributed by atoms with van der Waals surface area (Å²) in [5.41, 5.74) is 9.42. The molecule has 0 bridgehead atoms. The average Bonchev–Trinajstić information content (AvgIpc) is 3.32. The van der Waals surface area contributed by atoms with Gasteiger partial charge in [-0.25, -0.2) is 4.79 Å². The van der Waals surface area contributed by atoms with Crippen LogP contribution in [0.3, 0.4) is 0 Å². The first kappa shape index (κ1) is 31.8. The van der Waals surface area contributed by atoms with E-state index in [1.165, 1.54) is 5.56 Å². The van der Waals surface area contributed by atoms with Gasteiger partial charge < -0.3 is 20.3 Å². The molecule has 5 aromatic rings. The van der Waals surface area contributed by atoms with Gasteiger partial charge in [-0.3, -0.25) is 9.78 Å². The van der Waals surface area contributed by atoms with Crippen LogP contribution in [0.1, 0.15) is 30.2 Å². The second kappa shape index (κ2) is 13.9. The minimum atomic E-state index is -5.08. The van der Waals surface area contributed by atoms with Crippen LogP contribution in [0.25, 0.3) is 22.0 Å². The second-order valence-electron chi connectivity index (χ2n) is 10.3. The molecule has 5 rings (SSSR count). The Bertz CT molecular complexity index is 1730. The number of carboxylic acid groups (broad SMARTS) is 1. The number of aromatic nitrogens is 2. The molecule has 10 heteroatoms. The lowest BCUT2D eigenvalue weighted by molar-refractivity contribution is -0.192. The smallest absolute Gasteiger partial charge is 0.475 e. The lowest BCUT2D eigenvalue weighted by atomic mass is 9.99. The fraction of sp³-hybridized carbons (Fsp3) is 0.206. The van der Waals surface area contributed by atoms with Crippen LogP contribution < -0.4 is 10.2 Å². The molecule has 44 heavy (non-hydrogen) atoms. The summed E-state index contributed by atoms with van der Waals surface area (Å²) in [5.74, 6) is -2.79. The highest BCUT2D eigenvalue weighted by molar-refractivity contribution is 5.97. The topological polar surface area (TPSA) is 98.3 Å². The van der Waals surface area contributed by atoms with E-state index < -0.39 is 12.1 Å². The maximum absolute atomic E-state index is 13.1. The van der Waals surface area contributed by atoms with Crippen molar-refractivity contribution in [2.45, 2.75) is 39.3 Å². The highest BCUT2D eigenvalue weighted by Gasteiger charge is 2.38. The fourth-order valence-electron chi connectivity index (χ4n) is 4.90. The molecular formula is C34H33F3N4O3. The van der Waals surface area contributed by atoms with Crippen molar-refractivity contribution < 1.29 is 27.9 Å². The quantitative estimate of drug-likeness (QED) is 0.167. The standard InChI is InChI=1S/C32H32N4O.C2HF3O2/c1-4-8-23-12-14-24(15-13-23)29-19-25(16-17-31(29)36(3)26-9-7-18-33-21-26)35-32(37)20-28-22(2)34-30-11-6-5-10-27(28)30;3-2(4,5)1(6)7/h5-7,9-19,21,34H,4,8,20H2,1-3H3,(H,35,37);(H,6,7). The lowest BCUT2D eigenvalue weighted by Gasteiger charge is -2.23. The maximum atomic E-state index is 13.1. The molecule has 0 aliphatic carbocycles. The summed E-state index contributed by atoms with van der Waals surface area (Å²) in [6.07, 6.45) is 1.04. The number of anilines is 3. The summed E-state index contributed by atoms with van der Waals surface area (Å²) in [7, 11) is 2.04. The molecule has 0 atom stereocenters. The Morgan fingerprint density at radius 3 is 2.34 bits per heavy atom. The number of amides is 1. The molecule has 0 aliphatic rings. The monoisotopic (exact) mass is 602 g/mol. The third kappa shape index (κ3) is 7.83. The van der Waals surface area contributed by atoms with E-state index in [1.807, 2.05) is 56.6 Å². The van der Waals surface area contributed by atoms with E-state index in [0.29, 0.717) is 6.42 Å². The van der Waals surface area contributed by atoms with Crippen LogP contribution in [0.4, 0.5) is 30.2 Å². The number of nitrogens with one attached hydrogen (secondary N) is 2. The molecule has 0 saturated heterocycles. The van der Waals surface area contributed by atoms with Crippen molar-refractivity contribution in [2.75, 3.05) is 17.3 Å².